The van der Waals surface area contributed by atoms with E-state index in [4.69, 9.17) is 11.6 Å². The van der Waals surface area contributed by atoms with Crippen LogP contribution in [0.3, 0.4) is 0 Å². The van der Waals surface area contributed by atoms with Gasteiger partial charge in [0.2, 0.25) is 0 Å². The number of nitrogens with zero attached hydrogens (tertiary/aromatic N) is 2. The summed E-state index contributed by atoms with van der Waals surface area (Å²) in [5.74, 6) is -0.0217. The maximum atomic E-state index is 10.9. The first-order valence-electron chi connectivity index (χ1n) is 3.13. The summed E-state index contributed by atoms with van der Waals surface area (Å²) < 4.78 is 43.6. The maximum Gasteiger partial charge on any atom is 0.195 e. The molecule has 0 rings (SSSR count). The zero-order chi connectivity index (χ0) is 10.7. The van der Waals surface area contributed by atoms with Gasteiger partial charge in [-0.3, -0.25) is 4.41 Å². The third kappa shape index (κ3) is 6.22. The zero-order valence-corrected chi connectivity index (χ0v) is 9.53. The molecule has 0 unspecified atom stereocenters. The second kappa shape index (κ2) is 4.56. The van der Waals surface area contributed by atoms with Gasteiger partial charge in [0.15, 0.2) is 10.0 Å². The number of halogens is 1. The highest BCUT2D eigenvalue weighted by molar-refractivity contribution is 7.95. The van der Waals surface area contributed by atoms with E-state index < -0.39 is 20.0 Å². The molecule has 0 atom stereocenters. The second-order valence-corrected chi connectivity index (χ2v) is 6.21. The molecule has 13 heavy (non-hydrogen) atoms. The molecule has 0 heterocycles. The number of hydrogen-bond acceptors (Lipinski definition) is 4. The van der Waals surface area contributed by atoms with Crippen molar-refractivity contribution >= 4 is 31.6 Å². The molecule has 0 aromatic rings. The van der Waals surface area contributed by atoms with Crippen LogP contribution in [0.4, 0.5) is 0 Å². The van der Waals surface area contributed by atoms with Crippen molar-refractivity contribution < 1.29 is 16.8 Å². The Kier molecular flexibility index (Phi) is 4.60. The van der Waals surface area contributed by atoms with Crippen LogP contribution in [0.5, 0.6) is 0 Å². The number of sulfonamides is 2. The Morgan fingerprint density at radius 3 is 1.92 bits per heavy atom. The minimum Gasteiger partial charge on any atom is -0.467 e. The Labute approximate surface area is 82.9 Å². The third-order valence-corrected chi connectivity index (χ3v) is 2.69. The van der Waals surface area contributed by atoms with E-state index in [0.717, 1.165) is 12.5 Å². The van der Waals surface area contributed by atoms with Crippen LogP contribution in [0.2, 0.25) is 0 Å². The highest BCUT2D eigenvalue weighted by Gasteiger charge is 2.08. The summed E-state index contributed by atoms with van der Waals surface area (Å²) in [4.78, 5) is 3.00. The fraction of sp³-hybridized carbons (Fsp3) is 1.00. The molecule has 0 saturated carbocycles. The predicted molar refractivity (Wildman–Crippen MR) is 50.5 cm³/mol. The monoisotopic (exact) mass is 249 g/mol. The summed E-state index contributed by atoms with van der Waals surface area (Å²) in [6, 6.07) is 0. The minimum atomic E-state index is -3.72. The standard InChI is InChI=1S/C4H10ClN2O4S2/c1-12(8,9)6-7(4-3-5)13(2,10)11/h3-4H2,1-2H3/q-1. The lowest BCUT2D eigenvalue weighted by molar-refractivity contribution is 0.506. The molecule has 9 heteroatoms. The Morgan fingerprint density at radius 2 is 1.69 bits per heavy atom. The topological polar surface area (TPSA) is 85.6 Å². The molecular weight excluding hydrogens is 240 g/mol. The molecule has 0 spiro atoms. The van der Waals surface area contributed by atoms with E-state index >= 15 is 0 Å². The van der Waals surface area contributed by atoms with Crippen molar-refractivity contribution in [3.8, 4) is 0 Å². The quantitative estimate of drug-likeness (QED) is 0.496. The van der Waals surface area contributed by atoms with Gasteiger partial charge in [-0.25, -0.2) is 16.8 Å². The van der Waals surface area contributed by atoms with E-state index in [1.54, 1.807) is 0 Å². The molecule has 0 radical (unpaired) electrons. The van der Waals surface area contributed by atoms with Gasteiger partial charge in [-0.15, -0.1) is 11.6 Å². The SMILES string of the molecule is CS(=O)(=O)[N-]N(CCCl)S(C)(=O)=O. The Hall–Kier alpha value is 0.110. The molecule has 0 N–H and O–H groups in total. The molecular formula is C4H10ClN2O4S2-. The van der Waals surface area contributed by atoms with Crippen molar-refractivity contribution in [2.24, 2.45) is 0 Å². The fourth-order valence-corrected chi connectivity index (χ4v) is 2.45. The molecule has 80 valence electrons. The van der Waals surface area contributed by atoms with Crippen molar-refractivity contribution in [2.45, 2.75) is 0 Å². The second-order valence-electron chi connectivity index (χ2n) is 2.31. The molecule has 0 aliphatic rings. The Morgan fingerprint density at radius 1 is 1.23 bits per heavy atom. The molecule has 0 aliphatic heterocycles. The van der Waals surface area contributed by atoms with E-state index in [1.807, 2.05) is 0 Å². The summed E-state index contributed by atoms with van der Waals surface area (Å²) in [6.07, 6.45) is 1.66. The Bertz CT molecular complexity index is 348. The van der Waals surface area contributed by atoms with Crippen LogP contribution < -0.4 is 0 Å². The number of hydrogen-bond donors (Lipinski definition) is 0. The lowest BCUT2D eigenvalue weighted by Crippen LogP contribution is -2.29. The Balaban J connectivity index is 4.66. The number of alkyl halides is 1. The van der Waals surface area contributed by atoms with Crippen molar-refractivity contribution in [3.05, 3.63) is 4.83 Å². The molecule has 6 nitrogen and oxygen atoms in total. The van der Waals surface area contributed by atoms with E-state index in [1.165, 1.54) is 0 Å². The van der Waals surface area contributed by atoms with Gasteiger partial charge >= 0.3 is 0 Å². The minimum absolute atomic E-state index is 0.0217. The molecule has 0 amide bonds. The lowest BCUT2D eigenvalue weighted by atomic mass is 10.8. The zero-order valence-electron chi connectivity index (χ0n) is 7.14. The predicted octanol–water partition coefficient (Wildman–Crippen LogP) is -0.265. The largest absolute Gasteiger partial charge is 0.467 e. The first-order chi connectivity index (χ1) is 5.67. The average Bonchev–Trinajstić information content (AvgIpc) is 1.81. The van der Waals surface area contributed by atoms with Crippen molar-refractivity contribution in [1.82, 2.24) is 4.41 Å². The molecule has 0 aromatic heterocycles. The van der Waals surface area contributed by atoms with Gasteiger partial charge in [0, 0.05) is 18.7 Å². The summed E-state index contributed by atoms with van der Waals surface area (Å²) >= 11 is 5.27. The summed E-state index contributed by atoms with van der Waals surface area (Å²) in [5.41, 5.74) is 0. The first-order valence-corrected chi connectivity index (χ1v) is 7.36. The van der Waals surface area contributed by atoms with Gasteiger partial charge in [-0.1, -0.05) is 0 Å². The summed E-state index contributed by atoms with van der Waals surface area (Å²) in [5, 5.41) is 0. The summed E-state index contributed by atoms with van der Waals surface area (Å²) in [7, 11) is -7.37. The molecule has 0 fully saturated rings. The van der Waals surface area contributed by atoms with Crippen LogP contribution in [0.1, 0.15) is 0 Å². The van der Waals surface area contributed by atoms with Crippen molar-refractivity contribution in [3.63, 3.8) is 0 Å². The van der Waals surface area contributed by atoms with Crippen LogP contribution in [-0.2, 0) is 20.0 Å². The average molecular weight is 250 g/mol. The lowest BCUT2D eigenvalue weighted by Gasteiger charge is -2.31. The third-order valence-electron chi connectivity index (χ3n) is 0.898. The van der Waals surface area contributed by atoms with Gasteiger partial charge in [-0.2, -0.15) is 0 Å². The fourth-order valence-electron chi connectivity index (χ4n) is 0.505. The van der Waals surface area contributed by atoms with Gasteiger partial charge in [0.25, 0.3) is 0 Å². The van der Waals surface area contributed by atoms with Gasteiger partial charge in [-0.05, 0) is 0 Å². The smallest absolute Gasteiger partial charge is 0.195 e. The van der Waals surface area contributed by atoms with Crippen LogP contribution >= 0.6 is 11.6 Å². The normalized spacial score (nSPS) is 13.5. The summed E-state index contributed by atoms with van der Waals surface area (Å²) in [6.45, 7) is -0.159. The van der Waals surface area contributed by atoms with Crippen molar-refractivity contribution in [2.75, 3.05) is 24.9 Å². The molecule has 0 aliphatic carbocycles. The van der Waals surface area contributed by atoms with Gasteiger partial charge < -0.3 is 4.83 Å². The number of rotatable bonds is 5. The van der Waals surface area contributed by atoms with Crippen LogP contribution in [0, 0.1) is 0 Å². The van der Waals surface area contributed by atoms with Crippen LogP contribution in [-0.4, -0.2) is 46.2 Å². The molecule has 0 saturated heterocycles. The maximum absolute atomic E-state index is 10.9. The first kappa shape index (κ1) is 13.1. The van der Waals surface area contributed by atoms with Gasteiger partial charge in [0.05, 0.1) is 16.3 Å². The van der Waals surface area contributed by atoms with E-state index in [0.29, 0.717) is 4.41 Å². The van der Waals surface area contributed by atoms with Crippen molar-refractivity contribution in [1.29, 1.82) is 0 Å². The highest BCUT2D eigenvalue weighted by atomic mass is 35.5. The van der Waals surface area contributed by atoms with Gasteiger partial charge in [0.1, 0.15) is 0 Å². The molecule has 0 bridgehead atoms. The molecule has 0 aromatic carbocycles. The van der Waals surface area contributed by atoms with E-state index in [9.17, 15) is 16.8 Å². The highest BCUT2D eigenvalue weighted by Crippen LogP contribution is 2.10. The van der Waals surface area contributed by atoms with Crippen LogP contribution in [0.15, 0.2) is 0 Å². The van der Waals surface area contributed by atoms with E-state index in [-0.39, 0.29) is 12.4 Å². The van der Waals surface area contributed by atoms with E-state index in [2.05, 4.69) is 4.83 Å². The van der Waals surface area contributed by atoms with Crippen LogP contribution in [0.25, 0.3) is 4.83 Å².